The Morgan fingerprint density at radius 1 is 1.10 bits per heavy atom. The number of benzene rings is 2. The first-order valence-electron chi connectivity index (χ1n) is 7.60. The number of hydrogen-bond donors (Lipinski definition) is 1. The van der Waals surface area contributed by atoms with Crippen LogP contribution in [0.2, 0.25) is 0 Å². The lowest BCUT2D eigenvalue weighted by molar-refractivity contribution is 0.220. The molecule has 2 heterocycles. The molecule has 2 aromatic carbocycles. The van der Waals surface area contributed by atoms with Crippen LogP contribution in [0, 0.1) is 0 Å². The molecule has 0 aromatic heterocycles. The number of nitrogens with one attached hydrogen (secondary N) is 1. The minimum atomic E-state index is 0.268. The van der Waals surface area contributed by atoms with Gasteiger partial charge in [0.2, 0.25) is 0 Å². The van der Waals surface area contributed by atoms with Gasteiger partial charge in [0.15, 0.2) is 0 Å². The Morgan fingerprint density at radius 2 is 1.95 bits per heavy atom. The molecule has 2 nitrogen and oxygen atoms in total. The van der Waals surface area contributed by atoms with Crippen LogP contribution in [-0.2, 0) is 6.42 Å². The van der Waals surface area contributed by atoms with Crippen LogP contribution in [0.3, 0.4) is 0 Å². The third kappa shape index (κ3) is 2.68. The molecule has 0 saturated heterocycles. The maximum atomic E-state index is 6.02. The van der Waals surface area contributed by atoms with E-state index >= 15 is 0 Å². The largest absolute Gasteiger partial charge is 0.488 e. The van der Waals surface area contributed by atoms with Crippen molar-refractivity contribution in [3.8, 4) is 5.75 Å². The number of para-hydroxylation sites is 1. The quantitative estimate of drug-likeness (QED) is 0.930. The summed E-state index contributed by atoms with van der Waals surface area (Å²) in [5.74, 6) is 2.25. The van der Waals surface area contributed by atoms with E-state index in [9.17, 15) is 0 Å². The monoisotopic (exact) mass is 297 g/mol. The number of hydrogen-bond acceptors (Lipinski definition) is 3. The van der Waals surface area contributed by atoms with E-state index in [1.54, 1.807) is 0 Å². The summed E-state index contributed by atoms with van der Waals surface area (Å²) in [5.41, 5.74) is 2.79. The van der Waals surface area contributed by atoms with E-state index in [-0.39, 0.29) is 6.10 Å². The third-order valence-corrected chi connectivity index (χ3v) is 5.39. The van der Waals surface area contributed by atoms with Gasteiger partial charge in [0, 0.05) is 23.9 Å². The highest BCUT2D eigenvalue weighted by atomic mass is 32.2. The highest BCUT2D eigenvalue weighted by Crippen LogP contribution is 2.36. The van der Waals surface area contributed by atoms with E-state index in [1.807, 2.05) is 17.8 Å². The van der Waals surface area contributed by atoms with Gasteiger partial charge in [-0.25, -0.2) is 0 Å². The van der Waals surface area contributed by atoms with Gasteiger partial charge in [-0.1, -0.05) is 36.4 Å². The van der Waals surface area contributed by atoms with Gasteiger partial charge >= 0.3 is 0 Å². The second-order valence-electron chi connectivity index (χ2n) is 5.69. The van der Waals surface area contributed by atoms with Gasteiger partial charge < -0.3 is 10.1 Å². The smallest absolute Gasteiger partial charge is 0.123 e. The fraction of sp³-hybridized carbons (Fsp3) is 0.333. The summed E-state index contributed by atoms with van der Waals surface area (Å²) >= 11 is 1.97. The van der Waals surface area contributed by atoms with Crippen LogP contribution in [0.4, 0.5) is 0 Å². The molecule has 21 heavy (non-hydrogen) atoms. The first kappa shape index (κ1) is 13.2. The molecule has 0 amide bonds. The molecule has 0 aliphatic carbocycles. The average Bonchev–Trinajstić information content (AvgIpc) is 2.96. The zero-order chi connectivity index (χ0) is 14.1. The highest BCUT2D eigenvalue weighted by molar-refractivity contribution is 7.99. The molecule has 0 fully saturated rings. The lowest BCUT2D eigenvalue weighted by atomic mass is 10.0. The molecule has 0 radical (unpaired) electrons. The summed E-state index contributed by atoms with van der Waals surface area (Å²) in [6.45, 7) is 0.915. The predicted molar refractivity (Wildman–Crippen MR) is 87.1 cm³/mol. The Balaban J connectivity index is 1.41. The van der Waals surface area contributed by atoms with Gasteiger partial charge in [-0.2, -0.15) is 0 Å². The lowest BCUT2D eigenvalue weighted by Gasteiger charge is -2.27. The summed E-state index contributed by atoms with van der Waals surface area (Å²) in [6, 6.07) is 17.6. The van der Waals surface area contributed by atoms with E-state index in [0.29, 0.717) is 6.04 Å². The number of fused-ring (bicyclic) bond motifs is 2. The van der Waals surface area contributed by atoms with Crippen LogP contribution >= 0.6 is 11.8 Å². The second kappa shape index (κ2) is 5.74. The molecule has 108 valence electrons. The summed E-state index contributed by atoms with van der Waals surface area (Å²) in [4.78, 5) is 1.43. The van der Waals surface area contributed by atoms with E-state index < -0.39 is 0 Å². The van der Waals surface area contributed by atoms with Gasteiger partial charge in [0.05, 0.1) is 0 Å². The topological polar surface area (TPSA) is 21.3 Å². The lowest BCUT2D eigenvalue weighted by Crippen LogP contribution is -2.34. The Bertz CT molecular complexity index is 618. The van der Waals surface area contributed by atoms with E-state index in [1.165, 1.54) is 28.2 Å². The fourth-order valence-corrected chi connectivity index (χ4v) is 4.32. The Labute approximate surface area is 129 Å². The van der Waals surface area contributed by atoms with Crippen molar-refractivity contribution < 1.29 is 4.74 Å². The van der Waals surface area contributed by atoms with Crippen molar-refractivity contribution >= 4 is 11.8 Å². The minimum absolute atomic E-state index is 0.268. The van der Waals surface area contributed by atoms with Crippen molar-refractivity contribution in [3.63, 3.8) is 0 Å². The van der Waals surface area contributed by atoms with Gasteiger partial charge in [-0.05, 0) is 35.4 Å². The molecule has 2 aliphatic rings. The van der Waals surface area contributed by atoms with Crippen molar-refractivity contribution in [2.24, 2.45) is 0 Å². The standard InChI is InChI=1S/C18H19NOS/c1-3-7-17-13(5-1)11-14(20-17)12-19-16-9-10-21-18-8-4-2-6-15(16)18/h1-8,14,16,19H,9-12H2. The molecule has 2 aliphatic heterocycles. The van der Waals surface area contributed by atoms with E-state index in [2.05, 4.69) is 47.8 Å². The maximum Gasteiger partial charge on any atom is 0.123 e. The van der Waals surface area contributed by atoms with Gasteiger partial charge in [-0.15, -0.1) is 11.8 Å². The molecule has 0 bridgehead atoms. The molecule has 4 rings (SSSR count). The molecule has 1 N–H and O–H groups in total. The van der Waals surface area contributed by atoms with Crippen LogP contribution in [0.15, 0.2) is 53.4 Å². The zero-order valence-electron chi connectivity index (χ0n) is 11.9. The summed E-state index contributed by atoms with van der Waals surface area (Å²) in [7, 11) is 0. The third-order valence-electron chi connectivity index (χ3n) is 4.26. The summed E-state index contributed by atoms with van der Waals surface area (Å²) in [6.07, 6.45) is 2.48. The van der Waals surface area contributed by atoms with Crippen molar-refractivity contribution in [1.82, 2.24) is 5.32 Å². The van der Waals surface area contributed by atoms with Crippen molar-refractivity contribution in [1.29, 1.82) is 0 Å². The van der Waals surface area contributed by atoms with Crippen LogP contribution in [0.5, 0.6) is 5.75 Å². The second-order valence-corrected chi connectivity index (χ2v) is 6.82. The molecule has 2 aromatic rings. The summed E-state index contributed by atoms with van der Waals surface area (Å²) < 4.78 is 6.02. The molecule has 0 saturated carbocycles. The first-order valence-corrected chi connectivity index (χ1v) is 8.58. The van der Waals surface area contributed by atoms with Crippen LogP contribution in [0.25, 0.3) is 0 Å². The first-order chi connectivity index (χ1) is 10.4. The molecular weight excluding hydrogens is 278 g/mol. The number of rotatable bonds is 3. The van der Waals surface area contributed by atoms with Gasteiger partial charge in [-0.3, -0.25) is 0 Å². The van der Waals surface area contributed by atoms with Gasteiger partial charge in [0.1, 0.15) is 11.9 Å². The Hall–Kier alpha value is -1.45. The van der Waals surface area contributed by atoms with Crippen molar-refractivity contribution in [2.75, 3.05) is 12.3 Å². The van der Waals surface area contributed by atoms with Crippen LogP contribution in [0.1, 0.15) is 23.6 Å². The zero-order valence-corrected chi connectivity index (χ0v) is 12.7. The fourth-order valence-electron chi connectivity index (χ4n) is 3.20. The average molecular weight is 297 g/mol. The summed E-state index contributed by atoms with van der Waals surface area (Å²) in [5, 5.41) is 3.72. The van der Waals surface area contributed by atoms with E-state index in [4.69, 9.17) is 4.74 Å². The maximum absolute atomic E-state index is 6.02. The molecule has 3 heteroatoms. The minimum Gasteiger partial charge on any atom is -0.488 e. The SMILES string of the molecule is c1ccc2c(c1)CC(CNC1CCSc3ccccc31)O2. The molecular formula is C18H19NOS. The van der Waals surface area contributed by atoms with E-state index in [0.717, 1.165) is 18.7 Å². The van der Waals surface area contributed by atoms with Crippen LogP contribution in [-0.4, -0.2) is 18.4 Å². The van der Waals surface area contributed by atoms with Crippen molar-refractivity contribution in [3.05, 3.63) is 59.7 Å². The number of thioether (sulfide) groups is 1. The van der Waals surface area contributed by atoms with Crippen molar-refractivity contribution in [2.45, 2.75) is 29.9 Å². The molecule has 2 atom stereocenters. The highest BCUT2D eigenvalue weighted by Gasteiger charge is 2.25. The van der Waals surface area contributed by atoms with Gasteiger partial charge in [0.25, 0.3) is 0 Å². The van der Waals surface area contributed by atoms with Crippen LogP contribution < -0.4 is 10.1 Å². The number of ether oxygens (including phenoxy) is 1. The normalized spacial score (nSPS) is 23.2. The predicted octanol–water partition coefficient (Wildman–Crippen LogP) is 3.82. The molecule has 0 spiro atoms. The Kier molecular flexibility index (Phi) is 3.62. The Morgan fingerprint density at radius 3 is 2.90 bits per heavy atom. The molecule has 2 unspecified atom stereocenters.